The number of nitro groups is 1. The summed E-state index contributed by atoms with van der Waals surface area (Å²) in [4.78, 5) is 20.4. The molecular formula is C9H8NO5-. The number of carboxylic acid groups (broad SMARTS) is 1. The van der Waals surface area contributed by atoms with Crippen LogP contribution >= 0.6 is 0 Å². The lowest BCUT2D eigenvalue weighted by Crippen LogP contribution is -2.25. The van der Waals surface area contributed by atoms with E-state index in [2.05, 4.69) is 0 Å². The lowest BCUT2D eigenvalue weighted by Gasteiger charge is -2.08. The van der Waals surface area contributed by atoms with Crippen molar-refractivity contribution < 1.29 is 19.6 Å². The van der Waals surface area contributed by atoms with Gasteiger partial charge in [0.1, 0.15) is 5.75 Å². The zero-order valence-corrected chi connectivity index (χ0v) is 7.93. The molecule has 0 heterocycles. The third-order valence-corrected chi connectivity index (χ3v) is 1.85. The van der Waals surface area contributed by atoms with Crippen molar-refractivity contribution in [1.29, 1.82) is 0 Å². The minimum atomic E-state index is -1.39. The summed E-state index contributed by atoms with van der Waals surface area (Å²) in [7, 11) is 1.32. The fourth-order valence-electron chi connectivity index (χ4n) is 1.24. The van der Waals surface area contributed by atoms with E-state index in [-0.39, 0.29) is 17.0 Å². The van der Waals surface area contributed by atoms with E-state index in [4.69, 9.17) is 4.74 Å². The molecule has 6 heteroatoms. The third kappa shape index (κ3) is 2.43. The molecule has 0 unspecified atom stereocenters. The van der Waals surface area contributed by atoms with Crippen LogP contribution in [0.4, 0.5) is 5.69 Å². The van der Waals surface area contributed by atoms with Gasteiger partial charge < -0.3 is 14.6 Å². The van der Waals surface area contributed by atoms with Crippen LogP contribution in [0.25, 0.3) is 0 Å². The molecule has 0 amide bonds. The molecule has 1 rings (SSSR count). The van der Waals surface area contributed by atoms with Crippen molar-refractivity contribution in [3.05, 3.63) is 33.9 Å². The number of ether oxygens (including phenoxy) is 1. The first-order valence-electron chi connectivity index (χ1n) is 4.06. The predicted octanol–water partition coefficient (Wildman–Crippen LogP) is -0.104. The Kier molecular flexibility index (Phi) is 3.22. The van der Waals surface area contributed by atoms with Crippen LogP contribution in [0.3, 0.4) is 0 Å². The second-order valence-electron chi connectivity index (χ2n) is 2.76. The van der Waals surface area contributed by atoms with Crippen molar-refractivity contribution >= 4 is 11.7 Å². The van der Waals surface area contributed by atoms with Crippen LogP contribution in [0, 0.1) is 10.1 Å². The monoisotopic (exact) mass is 210 g/mol. The van der Waals surface area contributed by atoms with E-state index >= 15 is 0 Å². The standard InChI is InChI=1S/C9H9NO5/c1-15-8-4-2-3-7(10(13)14)6(8)5-9(11)12/h2-4H,5H2,1H3,(H,11,12)/p-1. The molecule has 1 aromatic rings. The summed E-state index contributed by atoms with van der Waals surface area (Å²) < 4.78 is 4.84. The number of nitro benzene ring substituents is 1. The highest BCUT2D eigenvalue weighted by Gasteiger charge is 2.17. The maximum Gasteiger partial charge on any atom is 0.276 e. The number of hydrogen-bond donors (Lipinski definition) is 0. The lowest BCUT2D eigenvalue weighted by atomic mass is 10.1. The van der Waals surface area contributed by atoms with Gasteiger partial charge in [0.15, 0.2) is 0 Å². The second kappa shape index (κ2) is 4.41. The fraction of sp³-hybridized carbons (Fsp3) is 0.222. The zero-order valence-electron chi connectivity index (χ0n) is 7.93. The molecule has 0 aliphatic heterocycles. The average molecular weight is 210 g/mol. The number of nitrogens with zero attached hydrogens (tertiary/aromatic N) is 1. The number of carbonyl (C=O) groups is 1. The molecule has 0 saturated carbocycles. The molecule has 0 fully saturated rings. The Morgan fingerprint density at radius 2 is 2.20 bits per heavy atom. The van der Waals surface area contributed by atoms with Gasteiger partial charge in [-0.15, -0.1) is 0 Å². The fourth-order valence-corrected chi connectivity index (χ4v) is 1.24. The molecule has 0 aliphatic carbocycles. The van der Waals surface area contributed by atoms with Gasteiger partial charge in [0, 0.05) is 18.5 Å². The van der Waals surface area contributed by atoms with E-state index < -0.39 is 17.3 Å². The van der Waals surface area contributed by atoms with Gasteiger partial charge in [0.25, 0.3) is 5.69 Å². The Morgan fingerprint density at radius 3 is 2.67 bits per heavy atom. The third-order valence-electron chi connectivity index (χ3n) is 1.85. The zero-order chi connectivity index (χ0) is 11.4. The van der Waals surface area contributed by atoms with Gasteiger partial charge in [-0.1, -0.05) is 6.07 Å². The SMILES string of the molecule is COc1cccc([N+](=O)[O-])c1CC(=O)[O-]. The maximum atomic E-state index is 10.6. The highest BCUT2D eigenvalue weighted by Crippen LogP contribution is 2.28. The Balaban J connectivity index is 3.26. The number of rotatable bonds is 4. The molecule has 0 N–H and O–H groups in total. The summed E-state index contributed by atoms with van der Waals surface area (Å²) in [5, 5.41) is 21.0. The lowest BCUT2D eigenvalue weighted by molar-refractivity contribution is -0.385. The number of aliphatic carboxylic acids is 1. The molecule has 0 atom stereocenters. The Hall–Kier alpha value is -2.11. The summed E-state index contributed by atoms with van der Waals surface area (Å²) >= 11 is 0. The van der Waals surface area contributed by atoms with E-state index in [1.165, 1.54) is 25.3 Å². The van der Waals surface area contributed by atoms with Crippen LogP contribution in [-0.2, 0) is 11.2 Å². The van der Waals surface area contributed by atoms with E-state index in [9.17, 15) is 20.0 Å². The van der Waals surface area contributed by atoms with Gasteiger partial charge in [-0.25, -0.2) is 0 Å². The van der Waals surface area contributed by atoms with Crippen molar-refractivity contribution in [1.82, 2.24) is 0 Å². The second-order valence-corrected chi connectivity index (χ2v) is 2.76. The van der Waals surface area contributed by atoms with E-state index in [0.29, 0.717) is 0 Å². The molecule has 1 aromatic carbocycles. The largest absolute Gasteiger partial charge is 0.550 e. The van der Waals surface area contributed by atoms with Crippen LogP contribution in [0.2, 0.25) is 0 Å². The van der Waals surface area contributed by atoms with Gasteiger partial charge in [-0.2, -0.15) is 0 Å². The molecular weight excluding hydrogens is 202 g/mol. The summed E-state index contributed by atoms with van der Waals surface area (Å²) in [6, 6.07) is 4.11. The predicted molar refractivity (Wildman–Crippen MR) is 48.4 cm³/mol. The number of benzene rings is 1. The van der Waals surface area contributed by atoms with Crippen LogP contribution in [-0.4, -0.2) is 18.0 Å². The van der Waals surface area contributed by atoms with Crippen LogP contribution < -0.4 is 9.84 Å². The quantitative estimate of drug-likeness (QED) is 0.510. The van der Waals surface area contributed by atoms with Crippen LogP contribution in [0.5, 0.6) is 5.75 Å². The first kappa shape index (κ1) is 11.0. The van der Waals surface area contributed by atoms with Crippen molar-refractivity contribution in [2.24, 2.45) is 0 Å². The summed E-state index contributed by atoms with van der Waals surface area (Å²) in [5.74, 6) is -1.21. The molecule has 0 aliphatic rings. The molecule has 0 radical (unpaired) electrons. The van der Waals surface area contributed by atoms with Gasteiger partial charge in [-0.05, 0) is 6.07 Å². The van der Waals surface area contributed by atoms with Crippen molar-refractivity contribution in [2.75, 3.05) is 7.11 Å². The minimum absolute atomic E-state index is 0.0185. The number of carbonyl (C=O) groups excluding carboxylic acids is 1. The normalized spacial score (nSPS) is 9.67. The summed E-state index contributed by atoms with van der Waals surface area (Å²) in [6.07, 6.45) is -0.541. The molecule has 0 aromatic heterocycles. The summed E-state index contributed by atoms with van der Waals surface area (Å²) in [5.41, 5.74) is -0.261. The van der Waals surface area contributed by atoms with Gasteiger partial charge in [0.05, 0.1) is 17.6 Å². The average Bonchev–Trinajstić information content (AvgIpc) is 2.16. The van der Waals surface area contributed by atoms with Crippen LogP contribution in [0.1, 0.15) is 5.56 Å². The van der Waals surface area contributed by atoms with Gasteiger partial charge >= 0.3 is 0 Å². The topological polar surface area (TPSA) is 92.5 Å². The maximum absolute atomic E-state index is 10.6. The van der Waals surface area contributed by atoms with E-state index in [0.717, 1.165) is 0 Å². The van der Waals surface area contributed by atoms with E-state index in [1.807, 2.05) is 0 Å². The number of hydrogen-bond acceptors (Lipinski definition) is 5. The first-order chi connectivity index (χ1) is 7.06. The van der Waals surface area contributed by atoms with Crippen LogP contribution in [0.15, 0.2) is 18.2 Å². The van der Waals surface area contributed by atoms with Gasteiger partial charge in [-0.3, -0.25) is 10.1 Å². The van der Waals surface area contributed by atoms with E-state index in [1.54, 1.807) is 0 Å². The highest BCUT2D eigenvalue weighted by atomic mass is 16.6. The molecule has 0 bridgehead atoms. The van der Waals surface area contributed by atoms with Crippen molar-refractivity contribution in [3.63, 3.8) is 0 Å². The number of carboxylic acids is 1. The molecule has 6 nitrogen and oxygen atoms in total. The Morgan fingerprint density at radius 1 is 1.53 bits per heavy atom. The van der Waals surface area contributed by atoms with Gasteiger partial charge in [0.2, 0.25) is 0 Å². The molecule has 0 spiro atoms. The molecule has 15 heavy (non-hydrogen) atoms. The van der Waals surface area contributed by atoms with Crippen molar-refractivity contribution in [3.8, 4) is 5.75 Å². The highest BCUT2D eigenvalue weighted by molar-refractivity contribution is 5.72. The Labute approximate surface area is 85.2 Å². The minimum Gasteiger partial charge on any atom is -0.550 e. The van der Waals surface area contributed by atoms with Crippen molar-refractivity contribution in [2.45, 2.75) is 6.42 Å². The molecule has 80 valence electrons. The summed E-state index contributed by atoms with van der Waals surface area (Å²) in [6.45, 7) is 0. The number of methoxy groups -OCH3 is 1. The first-order valence-corrected chi connectivity index (χ1v) is 4.06. The molecule has 0 saturated heterocycles. The Bertz CT molecular complexity index is 401. The smallest absolute Gasteiger partial charge is 0.276 e.